The third-order valence-electron chi connectivity index (χ3n) is 2.78. The Bertz CT molecular complexity index is 525. The number of aromatic nitrogens is 2. The fourth-order valence-electron chi connectivity index (χ4n) is 1.82. The van der Waals surface area contributed by atoms with Crippen molar-refractivity contribution in [1.82, 2.24) is 15.3 Å². The van der Waals surface area contributed by atoms with Crippen LogP contribution >= 0.6 is 11.8 Å². The maximum absolute atomic E-state index is 12.0. The molecule has 0 aliphatic rings. The van der Waals surface area contributed by atoms with Crippen LogP contribution in [0.2, 0.25) is 0 Å². The molecule has 1 heterocycles. The second-order valence-electron chi connectivity index (χ2n) is 4.10. The van der Waals surface area contributed by atoms with Gasteiger partial charge < -0.3 is 10.3 Å². The highest BCUT2D eigenvalue weighted by Gasteiger charge is 2.09. The summed E-state index contributed by atoms with van der Waals surface area (Å²) in [6.07, 6.45) is 7.24. The fourth-order valence-corrected chi connectivity index (χ4v) is 2.42. The van der Waals surface area contributed by atoms with Gasteiger partial charge in [-0.25, -0.2) is 4.98 Å². The molecule has 0 radical (unpaired) electrons. The lowest BCUT2D eigenvalue weighted by molar-refractivity contribution is 0.0950. The lowest BCUT2D eigenvalue weighted by Crippen LogP contribution is -2.25. The predicted molar refractivity (Wildman–Crippen MR) is 77.5 cm³/mol. The Hall–Kier alpha value is -1.75. The predicted octanol–water partition coefficient (Wildman–Crippen LogP) is 2.49. The Labute approximate surface area is 117 Å². The van der Waals surface area contributed by atoms with Crippen molar-refractivity contribution in [2.45, 2.75) is 17.7 Å². The van der Waals surface area contributed by atoms with Crippen molar-refractivity contribution < 1.29 is 4.79 Å². The highest BCUT2D eigenvalue weighted by atomic mass is 32.2. The minimum absolute atomic E-state index is 0.00982. The quantitative estimate of drug-likeness (QED) is 0.629. The van der Waals surface area contributed by atoms with Crippen molar-refractivity contribution >= 4 is 17.7 Å². The van der Waals surface area contributed by atoms with Gasteiger partial charge in [-0.15, -0.1) is 11.8 Å². The van der Waals surface area contributed by atoms with Crippen molar-refractivity contribution in [1.29, 1.82) is 0 Å². The first-order valence-electron chi connectivity index (χ1n) is 6.20. The minimum Gasteiger partial charge on any atom is -0.352 e. The number of hydrogen-bond acceptors (Lipinski definition) is 3. The number of carbonyl (C=O) groups excluding carboxylic acids is 1. The SMILES string of the molecule is CSc1ccccc1C(=O)NCCCc1ncc[nH]1. The monoisotopic (exact) mass is 275 g/mol. The van der Waals surface area contributed by atoms with Gasteiger partial charge in [-0.1, -0.05) is 12.1 Å². The van der Waals surface area contributed by atoms with E-state index < -0.39 is 0 Å². The number of imidazole rings is 1. The summed E-state index contributed by atoms with van der Waals surface area (Å²) in [6.45, 7) is 0.655. The van der Waals surface area contributed by atoms with Crippen LogP contribution in [0.3, 0.4) is 0 Å². The van der Waals surface area contributed by atoms with E-state index in [0.29, 0.717) is 6.54 Å². The molecule has 0 aliphatic heterocycles. The van der Waals surface area contributed by atoms with Crippen LogP contribution < -0.4 is 5.32 Å². The number of H-pyrrole nitrogens is 1. The zero-order valence-electron chi connectivity index (χ0n) is 10.8. The van der Waals surface area contributed by atoms with Gasteiger partial charge in [0.2, 0.25) is 0 Å². The van der Waals surface area contributed by atoms with E-state index in [4.69, 9.17) is 0 Å². The Morgan fingerprint density at radius 2 is 2.26 bits per heavy atom. The van der Waals surface area contributed by atoms with Gasteiger partial charge in [-0.05, 0) is 24.8 Å². The Morgan fingerprint density at radius 1 is 1.42 bits per heavy atom. The number of nitrogens with one attached hydrogen (secondary N) is 2. The van der Waals surface area contributed by atoms with Gasteiger partial charge in [0.15, 0.2) is 0 Å². The van der Waals surface area contributed by atoms with Gasteiger partial charge in [0.1, 0.15) is 5.82 Å². The van der Waals surface area contributed by atoms with Gasteiger partial charge in [-0.3, -0.25) is 4.79 Å². The first-order valence-corrected chi connectivity index (χ1v) is 7.43. The van der Waals surface area contributed by atoms with E-state index in [2.05, 4.69) is 15.3 Å². The number of aryl methyl sites for hydroxylation is 1. The maximum Gasteiger partial charge on any atom is 0.252 e. The molecule has 2 rings (SSSR count). The van der Waals surface area contributed by atoms with Crippen molar-refractivity contribution in [2.75, 3.05) is 12.8 Å². The summed E-state index contributed by atoms with van der Waals surface area (Å²) < 4.78 is 0. The molecule has 1 amide bonds. The number of hydrogen-bond donors (Lipinski definition) is 2. The molecule has 0 spiro atoms. The molecule has 0 saturated heterocycles. The molecule has 4 nitrogen and oxygen atoms in total. The molecule has 1 aromatic carbocycles. The molecular formula is C14H17N3OS. The molecule has 0 fully saturated rings. The zero-order chi connectivity index (χ0) is 13.5. The first-order chi connectivity index (χ1) is 9.31. The van der Waals surface area contributed by atoms with Crippen LogP contribution in [0.15, 0.2) is 41.6 Å². The van der Waals surface area contributed by atoms with Crippen molar-refractivity contribution in [3.05, 3.63) is 48.0 Å². The normalized spacial score (nSPS) is 10.4. The van der Waals surface area contributed by atoms with E-state index >= 15 is 0 Å². The van der Waals surface area contributed by atoms with Crippen LogP contribution in [0.25, 0.3) is 0 Å². The summed E-state index contributed by atoms with van der Waals surface area (Å²) in [4.78, 5) is 20.2. The third-order valence-corrected chi connectivity index (χ3v) is 3.58. The Balaban J connectivity index is 1.81. The molecule has 0 bridgehead atoms. The van der Waals surface area contributed by atoms with Crippen molar-refractivity contribution in [3.63, 3.8) is 0 Å². The van der Waals surface area contributed by atoms with Gasteiger partial charge in [0.25, 0.3) is 5.91 Å². The number of benzene rings is 1. The summed E-state index contributed by atoms with van der Waals surface area (Å²) >= 11 is 1.59. The maximum atomic E-state index is 12.0. The molecule has 0 aliphatic carbocycles. The van der Waals surface area contributed by atoms with Gasteiger partial charge in [0, 0.05) is 30.3 Å². The molecule has 5 heteroatoms. The number of carbonyl (C=O) groups is 1. The summed E-state index contributed by atoms with van der Waals surface area (Å²) in [5.41, 5.74) is 0.744. The highest BCUT2D eigenvalue weighted by molar-refractivity contribution is 7.98. The molecule has 19 heavy (non-hydrogen) atoms. The third kappa shape index (κ3) is 3.86. The number of thioether (sulfide) groups is 1. The molecule has 100 valence electrons. The summed E-state index contributed by atoms with van der Waals surface area (Å²) in [6, 6.07) is 7.65. The molecular weight excluding hydrogens is 258 g/mol. The van der Waals surface area contributed by atoms with Crippen LogP contribution in [0.1, 0.15) is 22.6 Å². The summed E-state index contributed by atoms with van der Waals surface area (Å²) in [7, 11) is 0. The van der Waals surface area contributed by atoms with Crippen LogP contribution in [-0.2, 0) is 6.42 Å². The number of aromatic amines is 1. The minimum atomic E-state index is -0.00982. The fraction of sp³-hybridized carbons (Fsp3) is 0.286. The molecule has 1 aromatic heterocycles. The highest BCUT2D eigenvalue weighted by Crippen LogP contribution is 2.19. The Kier molecular flexibility index (Phi) is 5.03. The lowest BCUT2D eigenvalue weighted by Gasteiger charge is -2.08. The van der Waals surface area contributed by atoms with E-state index in [9.17, 15) is 4.79 Å². The van der Waals surface area contributed by atoms with Gasteiger partial charge in [0.05, 0.1) is 5.56 Å². The van der Waals surface area contributed by atoms with Crippen LogP contribution in [0, 0.1) is 0 Å². The largest absolute Gasteiger partial charge is 0.352 e. The standard InChI is InChI=1S/C14H17N3OS/c1-19-12-6-3-2-5-11(12)14(18)17-8-4-7-13-15-9-10-16-13/h2-3,5-6,9-10H,4,7-8H2,1H3,(H,15,16)(H,17,18). The van der Waals surface area contributed by atoms with E-state index in [0.717, 1.165) is 29.1 Å². The van der Waals surface area contributed by atoms with E-state index in [1.807, 2.05) is 36.7 Å². The smallest absolute Gasteiger partial charge is 0.252 e. The number of rotatable bonds is 6. The molecule has 0 atom stereocenters. The average Bonchev–Trinajstić information content (AvgIpc) is 2.96. The van der Waals surface area contributed by atoms with Crippen LogP contribution in [-0.4, -0.2) is 28.7 Å². The van der Waals surface area contributed by atoms with Crippen molar-refractivity contribution in [3.8, 4) is 0 Å². The molecule has 0 saturated carbocycles. The average molecular weight is 275 g/mol. The molecule has 2 aromatic rings. The van der Waals surface area contributed by atoms with Crippen LogP contribution in [0.5, 0.6) is 0 Å². The summed E-state index contributed by atoms with van der Waals surface area (Å²) in [5.74, 6) is 0.947. The number of amides is 1. The number of nitrogens with zero attached hydrogens (tertiary/aromatic N) is 1. The Morgan fingerprint density at radius 3 is 3.00 bits per heavy atom. The zero-order valence-corrected chi connectivity index (χ0v) is 11.7. The summed E-state index contributed by atoms with van der Waals surface area (Å²) in [5, 5.41) is 2.94. The molecule has 0 unspecified atom stereocenters. The van der Waals surface area contributed by atoms with E-state index in [1.54, 1.807) is 18.0 Å². The second kappa shape index (κ2) is 6.99. The molecule has 2 N–H and O–H groups in total. The first kappa shape index (κ1) is 13.7. The van der Waals surface area contributed by atoms with Gasteiger partial charge in [-0.2, -0.15) is 0 Å². The topological polar surface area (TPSA) is 57.8 Å². The van der Waals surface area contributed by atoms with Crippen LogP contribution in [0.4, 0.5) is 0 Å². The second-order valence-corrected chi connectivity index (χ2v) is 4.94. The van der Waals surface area contributed by atoms with Crippen molar-refractivity contribution in [2.24, 2.45) is 0 Å². The van der Waals surface area contributed by atoms with E-state index in [1.165, 1.54) is 0 Å². The lowest BCUT2D eigenvalue weighted by atomic mass is 10.2. The van der Waals surface area contributed by atoms with E-state index in [-0.39, 0.29) is 5.91 Å². The van der Waals surface area contributed by atoms with Gasteiger partial charge >= 0.3 is 0 Å².